The molecule has 2 aromatic rings. The Morgan fingerprint density at radius 2 is 2.37 bits per heavy atom. The number of hydrogen-bond acceptors (Lipinski definition) is 4. The highest BCUT2D eigenvalue weighted by molar-refractivity contribution is 7.18. The van der Waals surface area contributed by atoms with E-state index >= 15 is 0 Å². The fourth-order valence-corrected chi connectivity index (χ4v) is 3.76. The number of carboxylic acid groups (broad SMARTS) is 1. The van der Waals surface area contributed by atoms with E-state index in [-0.39, 0.29) is 0 Å². The molecule has 0 saturated carbocycles. The lowest BCUT2D eigenvalue weighted by Crippen LogP contribution is -2.23. The predicted octanol–water partition coefficient (Wildman–Crippen LogP) is 3.13. The number of carbonyl (C=O) groups is 1. The normalized spacial score (nSPS) is 23.6. The lowest BCUT2D eigenvalue weighted by atomic mass is 9.91. The Hall–Kier alpha value is -1.46. The first-order valence-electron chi connectivity index (χ1n) is 6.36. The van der Waals surface area contributed by atoms with Gasteiger partial charge < -0.3 is 9.84 Å². The van der Waals surface area contributed by atoms with Crippen LogP contribution in [0.25, 0.3) is 10.2 Å². The van der Waals surface area contributed by atoms with E-state index in [0.717, 1.165) is 34.9 Å². The third-order valence-corrected chi connectivity index (χ3v) is 4.76. The van der Waals surface area contributed by atoms with Gasteiger partial charge in [-0.1, -0.05) is 6.92 Å². The second-order valence-electron chi connectivity index (χ2n) is 4.99. The summed E-state index contributed by atoms with van der Waals surface area (Å²) in [6.07, 6.45) is 0.993. The molecule has 1 fully saturated rings. The topological polar surface area (TPSA) is 59.4 Å². The van der Waals surface area contributed by atoms with Gasteiger partial charge in [-0.05, 0) is 30.5 Å². The van der Waals surface area contributed by atoms with Gasteiger partial charge in [0.1, 0.15) is 0 Å². The van der Waals surface area contributed by atoms with Gasteiger partial charge in [0.05, 0.1) is 20.8 Å². The van der Waals surface area contributed by atoms with Crippen LogP contribution in [-0.2, 0) is 4.74 Å². The fourth-order valence-electron chi connectivity index (χ4n) is 2.48. The van der Waals surface area contributed by atoms with Crippen molar-refractivity contribution in [2.75, 3.05) is 13.2 Å². The van der Waals surface area contributed by atoms with E-state index in [2.05, 4.69) is 11.9 Å². The number of fused-ring (bicyclic) bond motifs is 1. The molecule has 2 unspecified atom stereocenters. The smallest absolute Gasteiger partial charge is 0.335 e. The monoisotopic (exact) mass is 277 g/mol. The van der Waals surface area contributed by atoms with E-state index in [1.807, 2.05) is 0 Å². The first-order chi connectivity index (χ1) is 9.15. The number of ether oxygens (including phenoxy) is 1. The van der Waals surface area contributed by atoms with Crippen LogP contribution in [0.1, 0.15) is 34.6 Å². The number of carboxylic acids is 1. The lowest BCUT2D eigenvalue weighted by molar-refractivity contribution is 0.0473. The molecule has 1 aliphatic heterocycles. The molecule has 1 aromatic heterocycles. The third-order valence-electron chi connectivity index (χ3n) is 3.61. The van der Waals surface area contributed by atoms with Gasteiger partial charge >= 0.3 is 5.97 Å². The van der Waals surface area contributed by atoms with Gasteiger partial charge in [-0.3, -0.25) is 0 Å². The van der Waals surface area contributed by atoms with Gasteiger partial charge in [0.25, 0.3) is 0 Å². The Morgan fingerprint density at radius 3 is 3.11 bits per heavy atom. The summed E-state index contributed by atoms with van der Waals surface area (Å²) < 4.78 is 6.41. The molecule has 1 aliphatic rings. The Kier molecular flexibility index (Phi) is 3.24. The predicted molar refractivity (Wildman–Crippen MR) is 73.9 cm³/mol. The van der Waals surface area contributed by atoms with E-state index in [4.69, 9.17) is 9.84 Å². The van der Waals surface area contributed by atoms with Crippen molar-refractivity contribution in [2.45, 2.75) is 19.3 Å². The Bertz CT molecular complexity index is 622. The van der Waals surface area contributed by atoms with Crippen LogP contribution in [0.4, 0.5) is 0 Å². The van der Waals surface area contributed by atoms with E-state index in [0.29, 0.717) is 17.4 Å². The number of benzene rings is 1. The molecule has 4 nitrogen and oxygen atoms in total. The molecular formula is C14H15NO3S. The number of aromatic nitrogens is 1. The molecule has 1 saturated heterocycles. The highest BCUT2D eigenvalue weighted by atomic mass is 32.1. The molecule has 0 spiro atoms. The van der Waals surface area contributed by atoms with Crippen molar-refractivity contribution in [1.82, 2.24) is 4.98 Å². The summed E-state index contributed by atoms with van der Waals surface area (Å²) in [4.78, 5) is 15.6. The number of thiazole rings is 1. The first kappa shape index (κ1) is 12.6. The SMILES string of the molecule is CC1COCCC1c1nc2ccc(C(=O)O)cc2s1. The summed E-state index contributed by atoms with van der Waals surface area (Å²) in [5.74, 6) is 0.00367. The van der Waals surface area contributed by atoms with Gasteiger partial charge in [-0.15, -0.1) is 11.3 Å². The highest BCUT2D eigenvalue weighted by Crippen LogP contribution is 2.36. The number of hydrogen-bond donors (Lipinski definition) is 1. The Balaban J connectivity index is 1.99. The summed E-state index contributed by atoms with van der Waals surface area (Å²) in [5.41, 5.74) is 1.21. The van der Waals surface area contributed by atoms with Gasteiger partial charge in [0.2, 0.25) is 0 Å². The fraction of sp³-hybridized carbons (Fsp3) is 0.429. The molecule has 2 atom stereocenters. The van der Waals surface area contributed by atoms with Crippen LogP contribution in [0, 0.1) is 5.92 Å². The molecule has 2 heterocycles. The van der Waals surface area contributed by atoms with Crippen LogP contribution in [-0.4, -0.2) is 29.3 Å². The van der Waals surface area contributed by atoms with Crippen molar-refractivity contribution in [3.63, 3.8) is 0 Å². The quantitative estimate of drug-likeness (QED) is 0.916. The summed E-state index contributed by atoms with van der Waals surface area (Å²) in [6, 6.07) is 5.12. The van der Waals surface area contributed by atoms with Gasteiger partial charge in [0, 0.05) is 19.1 Å². The Morgan fingerprint density at radius 1 is 1.53 bits per heavy atom. The average molecular weight is 277 g/mol. The molecule has 1 aromatic carbocycles. The maximum atomic E-state index is 11.0. The maximum Gasteiger partial charge on any atom is 0.335 e. The second-order valence-corrected chi connectivity index (χ2v) is 6.05. The highest BCUT2D eigenvalue weighted by Gasteiger charge is 2.26. The molecule has 19 heavy (non-hydrogen) atoms. The van der Waals surface area contributed by atoms with Gasteiger partial charge in [-0.25, -0.2) is 9.78 Å². The van der Waals surface area contributed by atoms with Gasteiger partial charge in [-0.2, -0.15) is 0 Å². The van der Waals surface area contributed by atoms with Crippen molar-refractivity contribution in [3.05, 3.63) is 28.8 Å². The van der Waals surface area contributed by atoms with Crippen LogP contribution in [0.15, 0.2) is 18.2 Å². The first-order valence-corrected chi connectivity index (χ1v) is 7.18. The summed E-state index contributed by atoms with van der Waals surface area (Å²) in [5, 5.41) is 10.1. The van der Waals surface area contributed by atoms with Crippen LogP contribution < -0.4 is 0 Å². The van der Waals surface area contributed by atoms with Crippen molar-refractivity contribution < 1.29 is 14.6 Å². The minimum absolute atomic E-state index is 0.322. The molecule has 1 N–H and O–H groups in total. The van der Waals surface area contributed by atoms with Crippen LogP contribution in [0.2, 0.25) is 0 Å². The number of rotatable bonds is 2. The Labute approximate surface area is 115 Å². The molecule has 3 rings (SSSR count). The molecule has 0 amide bonds. The van der Waals surface area contributed by atoms with Crippen molar-refractivity contribution in [1.29, 1.82) is 0 Å². The summed E-state index contributed by atoms with van der Waals surface area (Å²) in [6.45, 7) is 3.74. The van der Waals surface area contributed by atoms with E-state index in [1.165, 1.54) is 0 Å². The average Bonchev–Trinajstić information content (AvgIpc) is 2.81. The zero-order valence-corrected chi connectivity index (χ0v) is 11.4. The van der Waals surface area contributed by atoms with Crippen molar-refractivity contribution >= 4 is 27.5 Å². The summed E-state index contributed by atoms with van der Waals surface area (Å²) >= 11 is 1.61. The van der Waals surface area contributed by atoms with E-state index < -0.39 is 5.97 Å². The zero-order valence-electron chi connectivity index (χ0n) is 10.6. The molecule has 100 valence electrons. The molecule has 0 radical (unpaired) electrons. The van der Waals surface area contributed by atoms with Crippen molar-refractivity contribution in [2.24, 2.45) is 5.92 Å². The maximum absolute atomic E-state index is 11.0. The van der Waals surface area contributed by atoms with E-state index in [9.17, 15) is 4.79 Å². The molecule has 5 heteroatoms. The van der Waals surface area contributed by atoms with Crippen LogP contribution >= 0.6 is 11.3 Å². The largest absolute Gasteiger partial charge is 0.478 e. The minimum Gasteiger partial charge on any atom is -0.478 e. The molecular weight excluding hydrogens is 262 g/mol. The van der Waals surface area contributed by atoms with Gasteiger partial charge in [0.15, 0.2) is 0 Å². The second kappa shape index (κ2) is 4.90. The van der Waals surface area contributed by atoms with Crippen LogP contribution in [0.5, 0.6) is 0 Å². The summed E-state index contributed by atoms with van der Waals surface area (Å²) in [7, 11) is 0. The number of aromatic carboxylic acids is 1. The third kappa shape index (κ3) is 2.35. The molecule has 0 aliphatic carbocycles. The minimum atomic E-state index is -0.892. The zero-order chi connectivity index (χ0) is 13.4. The number of nitrogens with zero attached hydrogens (tertiary/aromatic N) is 1. The van der Waals surface area contributed by atoms with Crippen LogP contribution in [0.3, 0.4) is 0 Å². The standard InChI is InChI=1S/C14H15NO3S/c1-8-7-18-5-4-10(8)13-15-11-3-2-9(14(16)17)6-12(11)19-13/h2-3,6,8,10H,4-5,7H2,1H3,(H,16,17). The molecule has 0 bridgehead atoms. The van der Waals surface area contributed by atoms with E-state index in [1.54, 1.807) is 29.5 Å². The van der Waals surface area contributed by atoms with Crippen molar-refractivity contribution in [3.8, 4) is 0 Å². The lowest BCUT2D eigenvalue weighted by Gasteiger charge is -2.26.